The number of aromatic nitrogens is 2. The second kappa shape index (κ2) is 7.04. The lowest BCUT2D eigenvalue weighted by atomic mass is 10.1. The molecule has 0 saturated heterocycles. The van der Waals surface area contributed by atoms with Crippen molar-refractivity contribution in [3.63, 3.8) is 0 Å². The number of nitrogens with two attached hydrogens (primary N) is 1. The van der Waals surface area contributed by atoms with E-state index in [1.54, 1.807) is 6.20 Å². The number of benzene rings is 1. The van der Waals surface area contributed by atoms with Crippen molar-refractivity contribution in [1.82, 2.24) is 9.78 Å². The van der Waals surface area contributed by atoms with E-state index in [2.05, 4.69) is 17.3 Å². The second-order valence-electron chi connectivity index (χ2n) is 5.01. The quantitative estimate of drug-likeness (QED) is 0.856. The van der Waals surface area contributed by atoms with Crippen molar-refractivity contribution in [1.29, 1.82) is 0 Å². The fourth-order valence-electron chi connectivity index (χ4n) is 2.16. The van der Waals surface area contributed by atoms with Crippen LogP contribution < -0.4 is 11.1 Å². The van der Waals surface area contributed by atoms with E-state index in [9.17, 15) is 4.79 Å². The van der Waals surface area contributed by atoms with E-state index in [1.807, 2.05) is 35.9 Å². The Morgan fingerprint density at radius 3 is 2.67 bits per heavy atom. The molecule has 0 spiro atoms. The van der Waals surface area contributed by atoms with Crippen LogP contribution in [-0.2, 0) is 13.0 Å². The monoisotopic (exact) mass is 286 g/mol. The zero-order chi connectivity index (χ0) is 15.2. The standard InChI is InChI=1S/C16H22N4O/c1-3-13-5-7-14(8-6-13)19-16(21)15-11-18-20(12(15)2)10-4-9-17/h5-8,11H,3-4,9-10,17H2,1-2H3,(H,19,21). The highest BCUT2D eigenvalue weighted by Gasteiger charge is 2.14. The van der Waals surface area contributed by atoms with Crippen LogP contribution in [0, 0.1) is 6.92 Å². The summed E-state index contributed by atoms with van der Waals surface area (Å²) in [6, 6.07) is 7.89. The van der Waals surface area contributed by atoms with Crippen LogP contribution in [0.5, 0.6) is 0 Å². The van der Waals surface area contributed by atoms with E-state index >= 15 is 0 Å². The largest absolute Gasteiger partial charge is 0.330 e. The molecule has 0 bridgehead atoms. The number of hydrogen-bond acceptors (Lipinski definition) is 3. The molecule has 3 N–H and O–H groups in total. The molecule has 21 heavy (non-hydrogen) atoms. The topological polar surface area (TPSA) is 72.9 Å². The fourth-order valence-corrected chi connectivity index (χ4v) is 2.16. The Kier molecular flexibility index (Phi) is 5.11. The van der Waals surface area contributed by atoms with Crippen molar-refractivity contribution >= 4 is 11.6 Å². The molecule has 1 aromatic heterocycles. The number of hydrogen-bond donors (Lipinski definition) is 2. The number of nitrogens with zero attached hydrogens (tertiary/aromatic N) is 2. The third kappa shape index (κ3) is 3.70. The Morgan fingerprint density at radius 2 is 2.05 bits per heavy atom. The highest BCUT2D eigenvalue weighted by Crippen LogP contribution is 2.14. The lowest BCUT2D eigenvalue weighted by Gasteiger charge is -2.07. The maximum atomic E-state index is 12.3. The van der Waals surface area contributed by atoms with Crippen molar-refractivity contribution in [3.8, 4) is 0 Å². The van der Waals surface area contributed by atoms with E-state index in [-0.39, 0.29) is 5.91 Å². The van der Waals surface area contributed by atoms with Gasteiger partial charge in [-0.2, -0.15) is 5.10 Å². The van der Waals surface area contributed by atoms with Gasteiger partial charge in [0.05, 0.1) is 11.8 Å². The van der Waals surface area contributed by atoms with Gasteiger partial charge in [0, 0.05) is 17.9 Å². The van der Waals surface area contributed by atoms with Gasteiger partial charge in [0.1, 0.15) is 0 Å². The maximum Gasteiger partial charge on any atom is 0.259 e. The first-order chi connectivity index (χ1) is 10.2. The van der Waals surface area contributed by atoms with Gasteiger partial charge in [-0.25, -0.2) is 0 Å². The molecule has 0 aliphatic heterocycles. The Bertz CT molecular complexity index is 601. The first-order valence-corrected chi connectivity index (χ1v) is 7.28. The summed E-state index contributed by atoms with van der Waals surface area (Å²) in [5.74, 6) is -0.129. The van der Waals surface area contributed by atoms with Gasteiger partial charge in [-0.3, -0.25) is 9.48 Å². The number of rotatable bonds is 6. The number of amides is 1. The van der Waals surface area contributed by atoms with Gasteiger partial charge in [-0.1, -0.05) is 19.1 Å². The van der Waals surface area contributed by atoms with Crippen LogP contribution in [0.3, 0.4) is 0 Å². The SMILES string of the molecule is CCc1ccc(NC(=O)c2cnn(CCCN)c2C)cc1. The van der Waals surface area contributed by atoms with Crippen LogP contribution in [0.25, 0.3) is 0 Å². The molecule has 0 aliphatic rings. The minimum Gasteiger partial charge on any atom is -0.330 e. The molecule has 1 aromatic carbocycles. The van der Waals surface area contributed by atoms with Gasteiger partial charge < -0.3 is 11.1 Å². The number of anilines is 1. The van der Waals surface area contributed by atoms with Crippen LogP contribution in [0.4, 0.5) is 5.69 Å². The fraction of sp³-hybridized carbons (Fsp3) is 0.375. The average molecular weight is 286 g/mol. The number of carbonyl (C=O) groups is 1. The third-order valence-corrected chi connectivity index (χ3v) is 3.54. The summed E-state index contributed by atoms with van der Waals surface area (Å²) in [5.41, 5.74) is 9.01. The van der Waals surface area contributed by atoms with Gasteiger partial charge >= 0.3 is 0 Å². The van der Waals surface area contributed by atoms with E-state index in [1.165, 1.54) is 5.56 Å². The summed E-state index contributed by atoms with van der Waals surface area (Å²) >= 11 is 0. The molecule has 1 heterocycles. The first kappa shape index (κ1) is 15.3. The summed E-state index contributed by atoms with van der Waals surface area (Å²) in [6.45, 7) is 5.36. The molecule has 0 unspecified atom stereocenters. The lowest BCUT2D eigenvalue weighted by molar-refractivity contribution is 0.102. The predicted octanol–water partition coefficient (Wildman–Crippen LogP) is 2.36. The third-order valence-electron chi connectivity index (χ3n) is 3.54. The van der Waals surface area contributed by atoms with Crippen LogP contribution >= 0.6 is 0 Å². The van der Waals surface area contributed by atoms with Crippen LogP contribution in [-0.4, -0.2) is 22.2 Å². The molecule has 0 atom stereocenters. The maximum absolute atomic E-state index is 12.3. The van der Waals surface area contributed by atoms with Crippen LogP contribution in [0.1, 0.15) is 35.0 Å². The molecule has 1 amide bonds. The van der Waals surface area contributed by atoms with Crippen molar-refractivity contribution in [2.45, 2.75) is 33.2 Å². The summed E-state index contributed by atoms with van der Waals surface area (Å²) in [7, 11) is 0. The van der Waals surface area contributed by atoms with Gasteiger partial charge in [-0.05, 0) is 44.0 Å². The van der Waals surface area contributed by atoms with Crippen molar-refractivity contribution < 1.29 is 4.79 Å². The number of nitrogens with one attached hydrogen (secondary N) is 1. The summed E-state index contributed by atoms with van der Waals surface area (Å²) < 4.78 is 1.82. The minimum atomic E-state index is -0.129. The van der Waals surface area contributed by atoms with E-state index < -0.39 is 0 Å². The molecule has 0 radical (unpaired) electrons. The molecule has 0 saturated carbocycles. The Labute approximate surface area is 125 Å². The minimum absolute atomic E-state index is 0.129. The molecule has 112 valence electrons. The van der Waals surface area contributed by atoms with Crippen molar-refractivity contribution in [2.24, 2.45) is 5.73 Å². The van der Waals surface area contributed by atoms with Gasteiger partial charge in [0.15, 0.2) is 0 Å². The van der Waals surface area contributed by atoms with Gasteiger partial charge in [0.25, 0.3) is 5.91 Å². The molecule has 2 rings (SSSR count). The highest BCUT2D eigenvalue weighted by molar-refractivity contribution is 6.04. The Morgan fingerprint density at radius 1 is 1.33 bits per heavy atom. The summed E-state index contributed by atoms with van der Waals surface area (Å²) in [6.07, 6.45) is 3.45. The smallest absolute Gasteiger partial charge is 0.259 e. The highest BCUT2D eigenvalue weighted by atomic mass is 16.1. The zero-order valence-electron chi connectivity index (χ0n) is 12.6. The molecule has 2 aromatic rings. The summed E-state index contributed by atoms with van der Waals surface area (Å²) in [4.78, 5) is 12.3. The van der Waals surface area contributed by atoms with Crippen LogP contribution in [0.2, 0.25) is 0 Å². The van der Waals surface area contributed by atoms with Gasteiger partial charge in [0.2, 0.25) is 0 Å². The predicted molar refractivity (Wildman–Crippen MR) is 84.4 cm³/mol. The Balaban J connectivity index is 2.07. The second-order valence-corrected chi connectivity index (χ2v) is 5.01. The molecule has 0 fully saturated rings. The van der Waals surface area contributed by atoms with E-state index in [4.69, 9.17) is 5.73 Å². The van der Waals surface area contributed by atoms with Crippen molar-refractivity contribution in [2.75, 3.05) is 11.9 Å². The lowest BCUT2D eigenvalue weighted by Crippen LogP contribution is -2.14. The van der Waals surface area contributed by atoms with Crippen LogP contribution in [0.15, 0.2) is 30.5 Å². The molecule has 5 heteroatoms. The Hall–Kier alpha value is -2.14. The van der Waals surface area contributed by atoms with E-state index in [0.717, 1.165) is 30.8 Å². The van der Waals surface area contributed by atoms with Crippen molar-refractivity contribution in [3.05, 3.63) is 47.3 Å². The summed E-state index contributed by atoms with van der Waals surface area (Å²) in [5, 5.41) is 7.15. The molecule has 0 aliphatic carbocycles. The molecule has 5 nitrogen and oxygen atoms in total. The number of aryl methyl sites for hydroxylation is 2. The molecular weight excluding hydrogens is 264 g/mol. The molecular formula is C16H22N4O. The van der Waals surface area contributed by atoms with E-state index in [0.29, 0.717) is 12.1 Å². The normalized spacial score (nSPS) is 10.6. The van der Waals surface area contributed by atoms with Gasteiger partial charge in [-0.15, -0.1) is 0 Å². The number of carbonyl (C=O) groups excluding carboxylic acids is 1. The average Bonchev–Trinajstić information content (AvgIpc) is 2.87. The zero-order valence-corrected chi connectivity index (χ0v) is 12.6. The first-order valence-electron chi connectivity index (χ1n) is 7.28.